The minimum absolute atomic E-state index is 0.303. The molecule has 2 heterocycles. The molecule has 0 aromatic carbocycles. The zero-order chi connectivity index (χ0) is 17.5. The van der Waals surface area contributed by atoms with Gasteiger partial charge in [0.1, 0.15) is 18.3 Å². The van der Waals surface area contributed by atoms with Gasteiger partial charge in [-0.25, -0.2) is 9.48 Å². The van der Waals surface area contributed by atoms with Gasteiger partial charge in [0.25, 0.3) is 5.56 Å². The molecule has 2 aromatic rings. The molecule has 9 heteroatoms. The summed E-state index contributed by atoms with van der Waals surface area (Å²) in [6, 6.07) is 5.14. The van der Waals surface area contributed by atoms with Crippen molar-refractivity contribution in [3.63, 3.8) is 0 Å². The number of carbonyl (C=O) groups is 2. The van der Waals surface area contributed by atoms with E-state index in [-0.39, 0.29) is 6.54 Å². The molecule has 0 saturated carbocycles. The summed E-state index contributed by atoms with van der Waals surface area (Å²) in [5.41, 5.74) is -0.0546. The molecule has 128 valence electrons. The lowest BCUT2D eigenvalue weighted by Gasteiger charge is -2.14. The number of amides is 1. The fourth-order valence-electron chi connectivity index (χ4n) is 1.99. The maximum atomic E-state index is 12.0. The third-order valence-electron chi connectivity index (χ3n) is 3.18. The number of nitrogens with zero attached hydrogens (tertiary/aromatic N) is 2. The van der Waals surface area contributed by atoms with Gasteiger partial charge in [-0.3, -0.25) is 9.59 Å². The summed E-state index contributed by atoms with van der Waals surface area (Å²) in [5, 5.41) is 15.6. The molecule has 2 N–H and O–H groups in total. The molecule has 1 unspecified atom stereocenters. The second-order valence-electron chi connectivity index (χ2n) is 4.93. The molecular weight excluding hydrogens is 334 g/mol. The number of rotatable bonds is 8. The first-order chi connectivity index (χ1) is 11.5. The van der Waals surface area contributed by atoms with Crippen LogP contribution >= 0.6 is 11.8 Å². The summed E-state index contributed by atoms with van der Waals surface area (Å²) in [6.45, 7) is -0.365. The van der Waals surface area contributed by atoms with Gasteiger partial charge in [0.2, 0.25) is 5.91 Å². The minimum atomic E-state index is -1.11. The number of aromatic nitrogens is 2. The fraction of sp³-hybridized carbons (Fsp3) is 0.333. The van der Waals surface area contributed by atoms with Crippen LogP contribution in [0.4, 0.5) is 0 Å². The van der Waals surface area contributed by atoms with Crippen molar-refractivity contribution in [3.05, 3.63) is 40.9 Å². The summed E-state index contributed by atoms with van der Waals surface area (Å²) in [4.78, 5) is 35.0. The molecule has 1 atom stereocenters. The van der Waals surface area contributed by atoms with Crippen molar-refractivity contribution < 1.29 is 19.1 Å². The molecular formula is C15H17N3O5S. The first-order valence-corrected chi connectivity index (χ1v) is 8.54. The molecule has 0 saturated heterocycles. The van der Waals surface area contributed by atoms with Crippen LogP contribution in [-0.4, -0.2) is 44.8 Å². The van der Waals surface area contributed by atoms with E-state index in [1.54, 1.807) is 12.1 Å². The predicted octanol–water partition coefficient (Wildman–Crippen LogP) is 0.826. The van der Waals surface area contributed by atoms with Crippen molar-refractivity contribution in [2.24, 2.45) is 0 Å². The summed E-state index contributed by atoms with van der Waals surface area (Å²) in [6.07, 6.45) is 3.63. The molecule has 2 aromatic heterocycles. The maximum absolute atomic E-state index is 12.0. The molecule has 0 aliphatic heterocycles. The Morgan fingerprint density at radius 1 is 1.42 bits per heavy atom. The van der Waals surface area contributed by atoms with E-state index in [2.05, 4.69) is 10.4 Å². The lowest BCUT2D eigenvalue weighted by Crippen LogP contribution is -2.44. The Balaban J connectivity index is 2.09. The van der Waals surface area contributed by atoms with E-state index in [1.165, 1.54) is 30.2 Å². The summed E-state index contributed by atoms with van der Waals surface area (Å²) >= 11 is 1.49. The number of aliphatic carboxylic acids is 1. The van der Waals surface area contributed by atoms with Crippen LogP contribution in [0, 0.1) is 0 Å². The van der Waals surface area contributed by atoms with Crippen molar-refractivity contribution in [3.8, 4) is 11.5 Å². The standard InChI is InChI=1S/C15H17N3O5S/c1-24-8-6-11(15(21)22)16-13(19)9-18-14(20)5-4-10(17-18)12-3-2-7-23-12/h2-5,7,11H,6,8-9H2,1H3,(H,16,19)(H,21,22). The van der Waals surface area contributed by atoms with E-state index < -0.39 is 23.5 Å². The Bertz CT molecular complexity index is 757. The van der Waals surface area contributed by atoms with Gasteiger partial charge >= 0.3 is 5.97 Å². The van der Waals surface area contributed by atoms with Gasteiger partial charge < -0.3 is 14.8 Å². The molecule has 0 aliphatic carbocycles. The molecule has 0 aliphatic rings. The van der Waals surface area contributed by atoms with Gasteiger partial charge in [-0.05, 0) is 36.6 Å². The van der Waals surface area contributed by atoms with Crippen LogP contribution < -0.4 is 10.9 Å². The number of hydrogen-bond donors (Lipinski definition) is 2. The summed E-state index contributed by atoms with van der Waals surface area (Å²) < 4.78 is 6.17. The highest BCUT2D eigenvalue weighted by Crippen LogP contribution is 2.14. The molecule has 1 amide bonds. The van der Waals surface area contributed by atoms with Crippen LogP contribution in [-0.2, 0) is 16.1 Å². The van der Waals surface area contributed by atoms with Gasteiger partial charge in [0, 0.05) is 6.07 Å². The number of nitrogens with one attached hydrogen (secondary N) is 1. The van der Waals surface area contributed by atoms with E-state index in [9.17, 15) is 14.4 Å². The zero-order valence-electron chi connectivity index (χ0n) is 13.0. The van der Waals surface area contributed by atoms with Crippen LogP contribution in [0.5, 0.6) is 0 Å². The monoisotopic (exact) mass is 351 g/mol. The van der Waals surface area contributed by atoms with E-state index in [0.29, 0.717) is 23.6 Å². The first kappa shape index (κ1) is 17.8. The molecule has 0 spiro atoms. The molecule has 2 rings (SSSR count). The van der Waals surface area contributed by atoms with Crippen LogP contribution in [0.2, 0.25) is 0 Å². The fourth-order valence-corrected chi connectivity index (χ4v) is 2.46. The van der Waals surface area contributed by atoms with Crippen molar-refractivity contribution >= 4 is 23.6 Å². The summed E-state index contributed by atoms with van der Waals surface area (Å²) in [5.74, 6) is -0.632. The van der Waals surface area contributed by atoms with Gasteiger partial charge in [0.15, 0.2) is 5.76 Å². The smallest absolute Gasteiger partial charge is 0.326 e. The van der Waals surface area contributed by atoms with Crippen LogP contribution in [0.15, 0.2) is 39.7 Å². The number of hydrogen-bond acceptors (Lipinski definition) is 6. The number of carboxylic acids is 1. The number of furan rings is 1. The van der Waals surface area contributed by atoms with Crippen molar-refractivity contribution in [1.29, 1.82) is 0 Å². The van der Waals surface area contributed by atoms with Crippen LogP contribution in [0.3, 0.4) is 0 Å². The highest BCUT2D eigenvalue weighted by atomic mass is 32.2. The maximum Gasteiger partial charge on any atom is 0.326 e. The normalized spacial score (nSPS) is 11.9. The quantitative estimate of drug-likeness (QED) is 0.724. The summed E-state index contributed by atoms with van der Waals surface area (Å²) in [7, 11) is 0. The van der Waals surface area contributed by atoms with Gasteiger partial charge in [-0.1, -0.05) is 0 Å². The van der Waals surface area contributed by atoms with Crippen LogP contribution in [0.1, 0.15) is 6.42 Å². The van der Waals surface area contributed by atoms with E-state index >= 15 is 0 Å². The Kier molecular flexibility index (Phi) is 6.19. The molecule has 0 radical (unpaired) electrons. The third-order valence-corrected chi connectivity index (χ3v) is 3.82. The third kappa shape index (κ3) is 4.72. The van der Waals surface area contributed by atoms with Crippen molar-refractivity contribution in [1.82, 2.24) is 15.1 Å². The average molecular weight is 351 g/mol. The Morgan fingerprint density at radius 3 is 2.83 bits per heavy atom. The second-order valence-corrected chi connectivity index (χ2v) is 5.92. The molecule has 24 heavy (non-hydrogen) atoms. The Hall–Kier alpha value is -2.55. The van der Waals surface area contributed by atoms with E-state index in [1.807, 2.05) is 6.26 Å². The molecule has 0 fully saturated rings. The highest BCUT2D eigenvalue weighted by molar-refractivity contribution is 7.98. The SMILES string of the molecule is CSCCC(NC(=O)Cn1nc(-c2ccco2)ccc1=O)C(=O)O. The Labute approximate surface area is 141 Å². The van der Waals surface area contributed by atoms with Gasteiger partial charge in [0.05, 0.1) is 6.26 Å². The number of thioether (sulfide) groups is 1. The lowest BCUT2D eigenvalue weighted by molar-refractivity contribution is -0.142. The van der Waals surface area contributed by atoms with Crippen LogP contribution in [0.25, 0.3) is 11.5 Å². The topological polar surface area (TPSA) is 114 Å². The Morgan fingerprint density at radius 2 is 2.21 bits per heavy atom. The second kappa shape index (κ2) is 8.34. The zero-order valence-corrected chi connectivity index (χ0v) is 13.8. The average Bonchev–Trinajstić information content (AvgIpc) is 3.07. The predicted molar refractivity (Wildman–Crippen MR) is 88.8 cm³/mol. The van der Waals surface area contributed by atoms with Crippen molar-refractivity contribution in [2.75, 3.05) is 12.0 Å². The lowest BCUT2D eigenvalue weighted by atomic mass is 10.2. The molecule has 8 nitrogen and oxygen atoms in total. The highest BCUT2D eigenvalue weighted by Gasteiger charge is 2.20. The van der Waals surface area contributed by atoms with Crippen molar-refractivity contribution in [2.45, 2.75) is 19.0 Å². The van der Waals surface area contributed by atoms with E-state index in [0.717, 1.165) is 4.68 Å². The largest absolute Gasteiger partial charge is 0.480 e. The number of carboxylic acid groups (broad SMARTS) is 1. The van der Waals surface area contributed by atoms with E-state index in [4.69, 9.17) is 9.52 Å². The number of carbonyl (C=O) groups excluding carboxylic acids is 1. The first-order valence-electron chi connectivity index (χ1n) is 7.14. The minimum Gasteiger partial charge on any atom is -0.480 e. The van der Waals surface area contributed by atoms with Gasteiger partial charge in [-0.2, -0.15) is 16.9 Å². The molecule has 0 bridgehead atoms. The van der Waals surface area contributed by atoms with Gasteiger partial charge in [-0.15, -0.1) is 0 Å².